The molecule has 0 spiro atoms. The van der Waals surface area contributed by atoms with Gasteiger partial charge in [-0.05, 0) is 6.42 Å². The zero-order valence-electron chi connectivity index (χ0n) is 7.88. The van der Waals surface area contributed by atoms with Gasteiger partial charge in [0.2, 0.25) is 11.8 Å². The summed E-state index contributed by atoms with van der Waals surface area (Å²) in [6.07, 6.45) is 0.881. The van der Waals surface area contributed by atoms with E-state index in [-0.39, 0.29) is 18.2 Å². The van der Waals surface area contributed by atoms with Crippen molar-refractivity contribution in [2.24, 2.45) is 17.4 Å². The number of nitrogens with one attached hydrogen (secondary N) is 1. The fourth-order valence-electron chi connectivity index (χ4n) is 0.912. The second-order valence-corrected chi connectivity index (χ2v) is 2.85. The van der Waals surface area contributed by atoms with Gasteiger partial charge in [0.1, 0.15) is 0 Å². The number of rotatable bonds is 6. The lowest BCUT2D eigenvalue weighted by Gasteiger charge is -2.11. The monoisotopic (exact) mass is 187 g/mol. The highest BCUT2D eigenvalue weighted by molar-refractivity contribution is 5.80. The molecule has 76 valence electrons. The van der Waals surface area contributed by atoms with E-state index < -0.39 is 5.91 Å². The largest absolute Gasteiger partial charge is 0.370 e. The molecule has 1 atom stereocenters. The first-order valence-corrected chi connectivity index (χ1v) is 4.37. The Kier molecular flexibility index (Phi) is 5.88. The number of carbonyl (C=O) groups excluding carboxylic acids is 2. The highest BCUT2D eigenvalue weighted by Gasteiger charge is 2.13. The van der Waals surface area contributed by atoms with Gasteiger partial charge in [-0.25, -0.2) is 0 Å². The van der Waals surface area contributed by atoms with Crippen LogP contribution in [0.4, 0.5) is 0 Å². The van der Waals surface area contributed by atoms with Crippen molar-refractivity contribution in [3.63, 3.8) is 0 Å². The van der Waals surface area contributed by atoms with Crippen LogP contribution in [-0.2, 0) is 9.59 Å². The summed E-state index contributed by atoms with van der Waals surface area (Å²) in [7, 11) is 0. The number of hydrogen-bond donors (Lipinski definition) is 3. The minimum Gasteiger partial charge on any atom is -0.370 e. The van der Waals surface area contributed by atoms with E-state index in [1.54, 1.807) is 0 Å². The minimum atomic E-state index is -0.416. The summed E-state index contributed by atoms with van der Waals surface area (Å²) in [4.78, 5) is 21.6. The van der Waals surface area contributed by atoms with E-state index in [1.807, 2.05) is 6.92 Å². The van der Waals surface area contributed by atoms with E-state index in [0.717, 1.165) is 0 Å². The Morgan fingerprint density at radius 1 is 1.46 bits per heavy atom. The topological polar surface area (TPSA) is 98.2 Å². The third-order valence-electron chi connectivity index (χ3n) is 1.82. The Bertz CT molecular complexity index is 178. The maximum absolute atomic E-state index is 11.2. The number of nitrogens with two attached hydrogens (primary N) is 2. The molecule has 0 bridgehead atoms. The van der Waals surface area contributed by atoms with Crippen LogP contribution in [0.15, 0.2) is 0 Å². The maximum Gasteiger partial charge on any atom is 0.224 e. The van der Waals surface area contributed by atoms with Crippen molar-refractivity contribution in [1.82, 2.24) is 5.32 Å². The molecule has 5 nitrogen and oxygen atoms in total. The molecule has 5 heteroatoms. The van der Waals surface area contributed by atoms with Crippen LogP contribution < -0.4 is 16.8 Å². The van der Waals surface area contributed by atoms with Crippen LogP contribution in [0.2, 0.25) is 0 Å². The molecule has 0 radical (unpaired) electrons. The SMILES string of the molecule is CCC(CN)C(=O)NCCC(N)=O. The van der Waals surface area contributed by atoms with Crippen LogP contribution in [0.5, 0.6) is 0 Å². The van der Waals surface area contributed by atoms with Crippen molar-refractivity contribution in [1.29, 1.82) is 0 Å². The van der Waals surface area contributed by atoms with Gasteiger partial charge in [-0.1, -0.05) is 6.92 Å². The van der Waals surface area contributed by atoms with Crippen LogP contribution in [-0.4, -0.2) is 24.9 Å². The summed E-state index contributed by atoms with van der Waals surface area (Å²) < 4.78 is 0. The Balaban J connectivity index is 3.66. The van der Waals surface area contributed by atoms with Gasteiger partial charge < -0.3 is 16.8 Å². The zero-order chi connectivity index (χ0) is 10.3. The average Bonchev–Trinajstić information content (AvgIpc) is 2.05. The Labute approximate surface area is 77.8 Å². The molecule has 0 aromatic heterocycles. The van der Waals surface area contributed by atoms with E-state index in [1.165, 1.54) is 0 Å². The Hall–Kier alpha value is -1.10. The Morgan fingerprint density at radius 2 is 2.08 bits per heavy atom. The van der Waals surface area contributed by atoms with Crippen LogP contribution in [0, 0.1) is 5.92 Å². The average molecular weight is 187 g/mol. The number of carbonyl (C=O) groups is 2. The number of hydrogen-bond acceptors (Lipinski definition) is 3. The molecule has 0 aromatic rings. The first kappa shape index (κ1) is 11.9. The van der Waals surface area contributed by atoms with Crippen LogP contribution in [0.1, 0.15) is 19.8 Å². The molecule has 0 rings (SSSR count). The molecule has 13 heavy (non-hydrogen) atoms. The quantitative estimate of drug-likeness (QED) is 0.495. The lowest BCUT2D eigenvalue weighted by atomic mass is 10.1. The summed E-state index contributed by atoms with van der Waals surface area (Å²) >= 11 is 0. The van der Waals surface area contributed by atoms with Gasteiger partial charge >= 0.3 is 0 Å². The van der Waals surface area contributed by atoms with Gasteiger partial charge in [0.05, 0.1) is 0 Å². The van der Waals surface area contributed by atoms with E-state index in [4.69, 9.17) is 11.5 Å². The molecule has 0 aliphatic carbocycles. The highest BCUT2D eigenvalue weighted by Crippen LogP contribution is 1.98. The van der Waals surface area contributed by atoms with Crippen molar-refractivity contribution in [2.75, 3.05) is 13.1 Å². The third-order valence-corrected chi connectivity index (χ3v) is 1.82. The fourth-order valence-corrected chi connectivity index (χ4v) is 0.912. The molecule has 2 amide bonds. The summed E-state index contributed by atoms with van der Waals surface area (Å²) in [6, 6.07) is 0. The molecule has 0 saturated heterocycles. The summed E-state index contributed by atoms with van der Waals surface area (Å²) in [5, 5.41) is 2.60. The summed E-state index contributed by atoms with van der Waals surface area (Å²) in [5.74, 6) is -0.680. The van der Waals surface area contributed by atoms with Crippen LogP contribution in [0.25, 0.3) is 0 Å². The first-order chi connectivity index (χ1) is 6.11. The fraction of sp³-hybridized carbons (Fsp3) is 0.750. The second-order valence-electron chi connectivity index (χ2n) is 2.85. The molecule has 0 aromatic carbocycles. The molecule has 0 aliphatic rings. The second kappa shape index (κ2) is 6.42. The molecular weight excluding hydrogens is 170 g/mol. The predicted molar refractivity (Wildman–Crippen MR) is 49.7 cm³/mol. The van der Waals surface area contributed by atoms with E-state index in [9.17, 15) is 9.59 Å². The zero-order valence-corrected chi connectivity index (χ0v) is 7.88. The van der Waals surface area contributed by atoms with Crippen molar-refractivity contribution >= 4 is 11.8 Å². The van der Waals surface area contributed by atoms with E-state index in [2.05, 4.69) is 5.32 Å². The molecule has 0 aliphatic heterocycles. The highest BCUT2D eigenvalue weighted by atomic mass is 16.2. The van der Waals surface area contributed by atoms with E-state index in [0.29, 0.717) is 19.5 Å². The molecule has 1 unspecified atom stereocenters. The molecule has 5 N–H and O–H groups in total. The van der Waals surface area contributed by atoms with E-state index >= 15 is 0 Å². The summed E-state index contributed by atoms with van der Waals surface area (Å²) in [5.41, 5.74) is 10.3. The predicted octanol–water partition coefficient (Wildman–Crippen LogP) is -1.04. The van der Waals surface area contributed by atoms with Crippen LogP contribution >= 0.6 is 0 Å². The standard InChI is InChI=1S/C8H17N3O2/c1-2-6(5-9)8(13)11-4-3-7(10)12/h6H,2-5,9H2,1H3,(H2,10,12)(H,11,13). The number of amides is 2. The minimum absolute atomic E-state index is 0.105. The van der Waals surface area contributed by atoms with Gasteiger partial charge in [0, 0.05) is 25.4 Å². The van der Waals surface area contributed by atoms with Gasteiger partial charge in [-0.15, -0.1) is 0 Å². The van der Waals surface area contributed by atoms with Crippen molar-refractivity contribution < 1.29 is 9.59 Å². The summed E-state index contributed by atoms with van der Waals surface area (Å²) in [6.45, 7) is 2.52. The molecule has 0 heterocycles. The van der Waals surface area contributed by atoms with Gasteiger partial charge in [0.25, 0.3) is 0 Å². The van der Waals surface area contributed by atoms with Crippen molar-refractivity contribution in [3.8, 4) is 0 Å². The lowest BCUT2D eigenvalue weighted by Crippen LogP contribution is -2.36. The molecular formula is C8H17N3O2. The number of primary amides is 1. The van der Waals surface area contributed by atoms with Gasteiger partial charge in [0.15, 0.2) is 0 Å². The van der Waals surface area contributed by atoms with Gasteiger partial charge in [-0.2, -0.15) is 0 Å². The smallest absolute Gasteiger partial charge is 0.224 e. The normalized spacial score (nSPS) is 12.2. The van der Waals surface area contributed by atoms with Gasteiger partial charge in [-0.3, -0.25) is 9.59 Å². The third kappa shape index (κ3) is 5.19. The maximum atomic E-state index is 11.2. The lowest BCUT2D eigenvalue weighted by molar-refractivity contribution is -0.124. The van der Waals surface area contributed by atoms with Crippen LogP contribution in [0.3, 0.4) is 0 Å². The molecule has 0 saturated carbocycles. The van der Waals surface area contributed by atoms with Crippen molar-refractivity contribution in [2.45, 2.75) is 19.8 Å². The van der Waals surface area contributed by atoms with Crippen molar-refractivity contribution in [3.05, 3.63) is 0 Å². The Morgan fingerprint density at radius 3 is 2.46 bits per heavy atom. The first-order valence-electron chi connectivity index (χ1n) is 4.37. The molecule has 0 fully saturated rings.